The fourth-order valence-corrected chi connectivity index (χ4v) is 3.49. The van der Waals surface area contributed by atoms with Crippen LogP contribution in [-0.2, 0) is 0 Å². The zero-order chi connectivity index (χ0) is 16.7. The first-order valence-electron chi connectivity index (χ1n) is 8.25. The lowest BCUT2D eigenvalue weighted by atomic mass is 10.0. The van der Waals surface area contributed by atoms with Crippen molar-refractivity contribution in [1.82, 2.24) is 4.98 Å². The molecule has 1 aliphatic heterocycles. The van der Waals surface area contributed by atoms with Crippen LogP contribution in [0.4, 0.5) is 14.5 Å². The molecule has 2 heterocycles. The van der Waals surface area contributed by atoms with Gasteiger partial charge in [0.25, 0.3) is 0 Å². The van der Waals surface area contributed by atoms with Gasteiger partial charge in [-0.15, -0.1) is 0 Å². The van der Waals surface area contributed by atoms with Crippen LogP contribution in [-0.4, -0.2) is 17.6 Å². The molecular weight excluding hydrogens is 306 g/mol. The highest BCUT2D eigenvalue weighted by Crippen LogP contribution is 2.37. The maximum Gasteiger partial charge on any atom is 0.135 e. The first-order chi connectivity index (χ1) is 11.6. The first kappa shape index (κ1) is 15.1. The molecule has 1 aromatic heterocycles. The Balaban J connectivity index is 1.97. The van der Waals surface area contributed by atoms with E-state index in [-0.39, 0.29) is 0 Å². The van der Waals surface area contributed by atoms with Gasteiger partial charge in [0.2, 0.25) is 0 Å². The third-order valence-corrected chi connectivity index (χ3v) is 4.75. The Morgan fingerprint density at radius 3 is 2.67 bits per heavy atom. The Kier molecular flexibility index (Phi) is 3.68. The average Bonchev–Trinajstić information content (AvgIpc) is 3.00. The predicted octanol–water partition coefficient (Wildman–Crippen LogP) is 5.17. The fraction of sp³-hybridized carbons (Fsp3) is 0.250. The van der Waals surface area contributed by atoms with Gasteiger partial charge < -0.3 is 4.90 Å². The second-order valence-corrected chi connectivity index (χ2v) is 6.36. The van der Waals surface area contributed by atoms with Gasteiger partial charge in [-0.1, -0.05) is 18.2 Å². The minimum absolute atomic E-state index is 0.344. The molecular formula is C20H18F2N2. The molecule has 3 aromatic rings. The van der Waals surface area contributed by atoms with E-state index in [0.29, 0.717) is 17.3 Å². The summed E-state index contributed by atoms with van der Waals surface area (Å²) in [4.78, 5) is 6.99. The van der Waals surface area contributed by atoms with Crippen LogP contribution in [0.5, 0.6) is 0 Å². The molecule has 4 rings (SSSR count). The minimum atomic E-state index is -0.578. The van der Waals surface area contributed by atoms with Crippen molar-refractivity contribution in [3.05, 3.63) is 60.2 Å². The largest absolute Gasteiger partial charge is 0.367 e. The molecule has 24 heavy (non-hydrogen) atoms. The summed E-state index contributed by atoms with van der Waals surface area (Å²) in [7, 11) is 0. The molecule has 1 fully saturated rings. The van der Waals surface area contributed by atoms with Crippen molar-refractivity contribution in [1.29, 1.82) is 0 Å². The molecule has 0 unspecified atom stereocenters. The molecule has 1 aliphatic rings. The molecule has 0 bridgehead atoms. The first-order valence-corrected chi connectivity index (χ1v) is 8.25. The quantitative estimate of drug-likeness (QED) is 0.646. The lowest BCUT2D eigenvalue weighted by molar-refractivity contribution is 0.585. The average molecular weight is 324 g/mol. The van der Waals surface area contributed by atoms with E-state index in [4.69, 9.17) is 4.98 Å². The van der Waals surface area contributed by atoms with E-state index >= 15 is 0 Å². The number of pyridine rings is 1. The van der Waals surface area contributed by atoms with Gasteiger partial charge in [-0.2, -0.15) is 0 Å². The topological polar surface area (TPSA) is 16.1 Å². The highest BCUT2D eigenvalue weighted by atomic mass is 19.1. The zero-order valence-corrected chi connectivity index (χ0v) is 13.5. The van der Waals surface area contributed by atoms with Crippen LogP contribution >= 0.6 is 0 Å². The van der Waals surface area contributed by atoms with Crippen LogP contribution in [0.3, 0.4) is 0 Å². The Bertz CT molecular complexity index is 907. The molecule has 0 aliphatic carbocycles. The van der Waals surface area contributed by atoms with E-state index in [1.54, 1.807) is 0 Å². The minimum Gasteiger partial charge on any atom is -0.367 e. The van der Waals surface area contributed by atoms with Crippen LogP contribution in [0.15, 0.2) is 48.5 Å². The summed E-state index contributed by atoms with van der Waals surface area (Å²) < 4.78 is 27.7. The Morgan fingerprint density at radius 2 is 1.92 bits per heavy atom. The summed E-state index contributed by atoms with van der Waals surface area (Å²) in [6.45, 7) is 3.10. The maximum absolute atomic E-state index is 14.4. The SMILES string of the molecule is C[C@H]1CCCN1c1cc2ccccc2nc1-c1ccc(F)cc1F. The molecule has 0 saturated carbocycles. The number of fused-ring (bicyclic) bond motifs is 1. The van der Waals surface area contributed by atoms with Gasteiger partial charge in [0.1, 0.15) is 11.6 Å². The van der Waals surface area contributed by atoms with Gasteiger partial charge in [-0.3, -0.25) is 0 Å². The molecule has 2 aromatic carbocycles. The Hall–Kier alpha value is -2.49. The summed E-state index contributed by atoms with van der Waals surface area (Å²) >= 11 is 0. The normalized spacial score (nSPS) is 17.6. The van der Waals surface area contributed by atoms with Crippen molar-refractivity contribution in [2.45, 2.75) is 25.8 Å². The van der Waals surface area contributed by atoms with Gasteiger partial charge in [0.05, 0.1) is 16.9 Å². The number of halogens is 2. The van der Waals surface area contributed by atoms with Crippen molar-refractivity contribution >= 4 is 16.6 Å². The monoisotopic (exact) mass is 324 g/mol. The summed E-state index contributed by atoms with van der Waals surface area (Å²) in [6.07, 6.45) is 2.22. The summed E-state index contributed by atoms with van der Waals surface area (Å²) in [5.41, 5.74) is 2.66. The predicted molar refractivity (Wildman–Crippen MR) is 93.1 cm³/mol. The van der Waals surface area contributed by atoms with E-state index < -0.39 is 11.6 Å². The van der Waals surface area contributed by atoms with Crippen molar-refractivity contribution < 1.29 is 8.78 Å². The molecule has 2 nitrogen and oxygen atoms in total. The summed E-state index contributed by atoms with van der Waals surface area (Å²) in [5, 5.41) is 1.03. The van der Waals surface area contributed by atoms with Crippen molar-refractivity contribution in [3.8, 4) is 11.3 Å². The van der Waals surface area contributed by atoms with Crippen LogP contribution in [0, 0.1) is 11.6 Å². The molecule has 122 valence electrons. The molecule has 1 saturated heterocycles. The van der Waals surface area contributed by atoms with Crippen molar-refractivity contribution in [3.63, 3.8) is 0 Å². The molecule has 0 amide bonds. The second-order valence-electron chi connectivity index (χ2n) is 6.36. The number of aromatic nitrogens is 1. The number of para-hydroxylation sites is 1. The van der Waals surface area contributed by atoms with Crippen LogP contribution in [0.25, 0.3) is 22.2 Å². The lowest BCUT2D eigenvalue weighted by Gasteiger charge is -2.26. The number of hydrogen-bond acceptors (Lipinski definition) is 2. The Morgan fingerprint density at radius 1 is 1.08 bits per heavy atom. The molecule has 1 atom stereocenters. The smallest absolute Gasteiger partial charge is 0.135 e. The molecule has 4 heteroatoms. The van der Waals surface area contributed by atoms with Crippen LogP contribution < -0.4 is 4.90 Å². The van der Waals surface area contributed by atoms with Crippen molar-refractivity contribution in [2.75, 3.05) is 11.4 Å². The summed E-state index contributed by atoms with van der Waals surface area (Å²) in [6, 6.07) is 14.0. The number of hydrogen-bond donors (Lipinski definition) is 0. The van der Waals surface area contributed by atoms with E-state index in [2.05, 4.69) is 17.9 Å². The van der Waals surface area contributed by atoms with Gasteiger partial charge in [0, 0.05) is 29.6 Å². The number of rotatable bonds is 2. The van der Waals surface area contributed by atoms with Gasteiger partial charge in [0.15, 0.2) is 0 Å². The molecule has 0 N–H and O–H groups in total. The number of anilines is 1. The van der Waals surface area contributed by atoms with E-state index in [0.717, 1.165) is 42.0 Å². The molecule has 0 spiro atoms. The van der Waals surface area contributed by atoms with E-state index in [1.165, 1.54) is 12.1 Å². The third kappa shape index (κ3) is 2.52. The summed E-state index contributed by atoms with van der Waals surface area (Å²) in [5.74, 6) is -1.15. The second kappa shape index (κ2) is 5.86. The number of benzene rings is 2. The zero-order valence-electron chi connectivity index (χ0n) is 13.5. The maximum atomic E-state index is 14.4. The lowest BCUT2D eigenvalue weighted by Crippen LogP contribution is -2.27. The van der Waals surface area contributed by atoms with Crippen LogP contribution in [0.2, 0.25) is 0 Å². The number of nitrogens with zero attached hydrogens (tertiary/aromatic N) is 2. The van der Waals surface area contributed by atoms with Gasteiger partial charge in [-0.25, -0.2) is 13.8 Å². The standard InChI is InChI=1S/C20H18F2N2/c1-13-5-4-10-24(13)19-11-14-6-2-3-7-18(14)23-20(19)16-9-8-15(21)12-17(16)22/h2-3,6-9,11-13H,4-5,10H2,1H3/t13-/m0/s1. The highest BCUT2D eigenvalue weighted by Gasteiger charge is 2.25. The third-order valence-electron chi connectivity index (χ3n) is 4.75. The highest BCUT2D eigenvalue weighted by molar-refractivity contribution is 5.89. The molecule has 0 radical (unpaired) electrons. The fourth-order valence-electron chi connectivity index (χ4n) is 3.49. The van der Waals surface area contributed by atoms with Gasteiger partial charge >= 0.3 is 0 Å². The van der Waals surface area contributed by atoms with Gasteiger partial charge in [-0.05, 0) is 44.0 Å². The van der Waals surface area contributed by atoms with Crippen molar-refractivity contribution in [2.24, 2.45) is 0 Å². The van der Waals surface area contributed by atoms with Crippen LogP contribution in [0.1, 0.15) is 19.8 Å². The van der Waals surface area contributed by atoms with E-state index in [9.17, 15) is 8.78 Å². The van der Waals surface area contributed by atoms with E-state index in [1.807, 2.05) is 24.3 Å². The Labute approximate surface area is 139 Å².